The Labute approximate surface area is 215 Å². The van der Waals surface area contributed by atoms with Gasteiger partial charge in [-0.25, -0.2) is 0 Å². The minimum atomic E-state index is -0.743. The van der Waals surface area contributed by atoms with Crippen LogP contribution in [0.25, 0.3) is 0 Å². The number of likely N-dealkylation sites (N-methyl/N-ethyl adjacent to an activating group) is 1. The number of rotatable bonds is 7. The second-order valence-corrected chi connectivity index (χ2v) is 11.7. The molecule has 198 valence electrons. The molecule has 8 nitrogen and oxygen atoms in total. The van der Waals surface area contributed by atoms with Gasteiger partial charge in [0.25, 0.3) is 5.91 Å². The molecule has 1 aromatic carbocycles. The number of anilines is 1. The zero-order chi connectivity index (χ0) is 26.2. The van der Waals surface area contributed by atoms with Crippen LogP contribution in [0, 0.1) is 17.3 Å². The maximum absolute atomic E-state index is 14.0. The quantitative estimate of drug-likeness (QED) is 0.622. The Morgan fingerprint density at radius 1 is 1.11 bits per heavy atom. The van der Waals surface area contributed by atoms with Gasteiger partial charge in [0.1, 0.15) is 18.7 Å². The largest absolute Gasteiger partial charge is 0.369 e. The highest BCUT2D eigenvalue weighted by molar-refractivity contribution is 5.99. The molecule has 8 heteroatoms. The van der Waals surface area contributed by atoms with Crippen molar-refractivity contribution in [2.24, 2.45) is 17.3 Å². The van der Waals surface area contributed by atoms with Gasteiger partial charge in [-0.3, -0.25) is 14.4 Å². The summed E-state index contributed by atoms with van der Waals surface area (Å²) < 4.78 is 5.82. The van der Waals surface area contributed by atoms with E-state index in [1.807, 2.05) is 45.0 Å². The average Bonchev–Trinajstić information content (AvgIpc) is 3.43. The van der Waals surface area contributed by atoms with E-state index in [0.29, 0.717) is 18.5 Å². The van der Waals surface area contributed by atoms with Crippen LogP contribution in [0.1, 0.15) is 51.4 Å². The molecule has 3 saturated heterocycles. The third-order valence-corrected chi connectivity index (χ3v) is 8.58. The van der Waals surface area contributed by atoms with Crippen LogP contribution in [-0.2, 0) is 14.3 Å². The van der Waals surface area contributed by atoms with E-state index in [-0.39, 0.29) is 42.1 Å². The Morgan fingerprint density at radius 3 is 2.33 bits per heavy atom. The monoisotopic (exact) mass is 498 g/mol. The van der Waals surface area contributed by atoms with Crippen LogP contribution in [0.2, 0.25) is 0 Å². The molecular weight excluding hydrogens is 456 g/mol. The Kier molecular flexibility index (Phi) is 7.76. The minimum absolute atomic E-state index is 0.0459. The molecule has 4 rings (SSSR count). The number of carbonyl (C=O) groups excluding carboxylic acids is 3. The Bertz CT molecular complexity index is 968. The van der Waals surface area contributed by atoms with E-state index in [1.54, 1.807) is 4.90 Å². The van der Waals surface area contributed by atoms with Gasteiger partial charge in [-0.05, 0) is 49.1 Å². The van der Waals surface area contributed by atoms with E-state index >= 15 is 0 Å². The molecule has 0 aromatic heterocycles. The molecule has 1 aromatic rings. The van der Waals surface area contributed by atoms with Crippen molar-refractivity contribution in [3.05, 3.63) is 29.8 Å². The molecule has 3 fully saturated rings. The van der Waals surface area contributed by atoms with Gasteiger partial charge in [0, 0.05) is 49.9 Å². The van der Waals surface area contributed by atoms with Crippen LogP contribution in [-0.4, -0.2) is 92.0 Å². The third-order valence-electron chi connectivity index (χ3n) is 8.58. The molecule has 0 unspecified atom stereocenters. The maximum atomic E-state index is 14.0. The van der Waals surface area contributed by atoms with E-state index in [9.17, 15) is 14.4 Å². The second kappa shape index (κ2) is 10.5. The number of ketones is 1. The summed E-state index contributed by atoms with van der Waals surface area (Å²) in [6, 6.07) is 6.33. The first-order chi connectivity index (χ1) is 17.0. The van der Waals surface area contributed by atoms with Gasteiger partial charge < -0.3 is 24.8 Å². The van der Waals surface area contributed by atoms with Crippen molar-refractivity contribution in [1.29, 1.82) is 0 Å². The van der Waals surface area contributed by atoms with E-state index in [2.05, 4.69) is 36.0 Å². The van der Waals surface area contributed by atoms with Crippen molar-refractivity contribution in [1.82, 2.24) is 15.1 Å². The minimum Gasteiger partial charge on any atom is -0.369 e. The standard InChI is InChI=1S/C28H42N4O4/c1-7-28(4,5)25(27(35)32-16-21(18(2)3)24-23(32)22(33)17-36-24)29-26(34)19-8-10-20(11-9-19)31-14-12-30(6)13-15-31/h8-11,18,21,23-25H,7,12-17H2,1-6H3,(H,29,34)/t21-,23+,24+,25+/m0/s1. The van der Waals surface area contributed by atoms with Gasteiger partial charge in [0.15, 0.2) is 5.78 Å². The fourth-order valence-corrected chi connectivity index (χ4v) is 5.57. The highest BCUT2D eigenvalue weighted by Gasteiger charge is 2.54. The number of likely N-dealkylation sites (tertiary alicyclic amines) is 1. The van der Waals surface area contributed by atoms with Crippen LogP contribution >= 0.6 is 0 Å². The molecule has 3 aliphatic heterocycles. The van der Waals surface area contributed by atoms with E-state index in [0.717, 1.165) is 31.9 Å². The smallest absolute Gasteiger partial charge is 0.251 e. The molecule has 0 saturated carbocycles. The highest BCUT2D eigenvalue weighted by atomic mass is 16.5. The van der Waals surface area contributed by atoms with E-state index in [1.165, 1.54) is 0 Å². The van der Waals surface area contributed by atoms with Crippen LogP contribution in [0.3, 0.4) is 0 Å². The zero-order valence-corrected chi connectivity index (χ0v) is 22.6. The van der Waals surface area contributed by atoms with Crippen molar-refractivity contribution in [2.75, 3.05) is 51.3 Å². The van der Waals surface area contributed by atoms with Gasteiger partial charge >= 0.3 is 0 Å². The number of nitrogens with zero attached hydrogens (tertiary/aromatic N) is 3. The first kappa shape index (κ1) is 26.6. The van der Waals surface area contributed by atoms with Crippen molar-refractivity contribution in [3.63, 3.8) is 0 Å². The summed E-state index contributed by atoms with van der Waals surface area (Å²) in [6.07, 6.45) is 0.441. The number of nitrogens with one attached hydrogen (secondary N) is 1. The third kappa shape index (κ3) is 5.16. The van der Waals surface area contributed by atoms with Gasteiger partial charge in [0.05, 0.1) is 6.10 Å². The zero-order valence-electron chi connectivity index (χ0n) is 22.6. The van der Waals surface area contributed by atoms with Gasteiger partial charge in [0.2, 0.25) is 5.91 Å². The summed E-state index contributed by atoms with van der Waals surface area (Å²) in [4.78, 5) is 46.3. The van der Waals surface area contributed by atoms with Crippen molar-refractivity contribution < 1.29 is 19.1 Å². The Hall–Kier alpha value is -2.45. The number of hydrogen-bond acceptors (Lipinski definition) is 6. The summed E-state index contributed by atoms with van der Waals surface area (Å²) in [5.41, 5.74) is 1.14. The average molecular weight is 499 g/mol. The number of fused-ring (bicyclic) bond motifs is 1. The summed E-state index contributed by atoms with van der Waals surface area (Å²) in [5.74, 6) is -0.123. The lowest BCUT2D eigenvalue weighted by molar-refractivity contribution is -0.140. The SMILES string of the molecule is CCC(C)(C)[C@H](NC(=O)c1ccc(N2CCN(C)CC2)cc1)C(=O)N1C[C@@H](C(C)C)[C@H]2OCC(=O)[C@H]21. The van der Waals surface area contributed by atoms with Crippen LogP contribution < -0.4 is 10.2 Å². The Balaban J connectivity index is 1.51. The summed E-state index contributed by atoms with van der Waals surface area (Å²) in [7, 11) is 2.13. The molecule has 4 atom stereocenters. The number of benzene rings is 1. The van der Waals surface area contributed by atoms with Crippen molar-refractivity contribution >= 4 is 23.3 Å². The van der Waals surface area contributed by atoms with Gasteiger partial charge in [-0.15, -0.1) is 0 Å². The van der Waals surface area contributed by atoms with Gasteiger partial charge in [-0.2, -0.15) is 0 Å². The Morgan fingerprint density at radius 2 is 1.75 bits per heavy atom. The van der Waals surface area contributed by atoms with Crippen LogP contribution in [0.5, 0.6) is 0 Å². The number of carbonyl (C=O) groups is 3. The number of ether oxygens (including phenoxy) is 1. The number of Topliss-reactive ketones (excluding diaryl/α,β-unsaturated/α-hetero) is 1. The topological polar surface area (TPSA) is 82.2 Å². The molecule has 3 heterocycles. The summed E-state index contributed by atoms with van der Waals surface area (Å²) in [5, 5.41) is 3.04. The summed E-state index contributed by atoms with van der Waals surface area (Å²) >= 11 is 0. The molecule has 36 heavy (non-hydrogen) atoms. The number of hydrogen-bond donors (Lipinski definition) is 1. The predicted molar refractivity (Wildman–Crippen MR) is 140 cm³/mol. The van der Waals surface area contributed by atoms with Crippen LogP contribution in [0.15, 0.2) is 24.3 Å². The lowest BCUT2D eigenvalue weighted by atomic mass is 9.80. The van der Waals surface area contributed by atoms with E-state index in [4.69, 9.17) is 4.74 Å². The van der Waals surface area contributed by atoms with Crippen molar-refractivity contribution in [2.45, 2.75) is 59.2 Å². The molecule has 0 radical (unpaired) electrons. The highest BCUT2D eigenvalue weighted by Crippen LogP contribution is 2.38. The fraction of sp³-hybridized carbons (Fsp3) is 0.679. The molecule has 3 aliphatic rings. The molecule has 2 amide bonds. The maximum Gasteiger partial charge on any atom is 0.251 e. The lowest BCUT2D eigenvalue weighted by Crippen LogP contribution is -2.57. The second-order valence-electron chi connectivity index (χ2n) is 11.7. The number of amides is 2. The normalized spacial score (nSPS) is 25.9. The molecule has 1 N–H and O–H groups in total. The van der Waals surface area contributed by atoms with Crippen LogP contribution in [0.4, 0.5) is 5.69 Å². The molecular formula is C28H42N4O4. The first-order valence-electron chi connectivity index (χ1n) is 13.3. The van der Waals surface area contributed by atoms with Gasteiger partial charge in [-0.1, -0.05) is 34.6 Å². The fourth-order valence-electron chi connectivity index (χ4n) is 5.57. The molecule has 0 spiro atoms. The first-order valence-corrected chi connectivity index (χ1v) is 13.3. The number of piperazine rings is 1. The summed E-state index contributed by atoms with van der Waals surface area (Å²) in [6.45, 7) is 14.7. The lowest BCUT2D eigenvalue weighted by Gasteiger charge is -2.37. The molecule has 0 aliphatic carbocycles. The van der Waals surface area contributed by atoms with E-state index < -0.39 is 17.5 Å². The van der Waals surface area contributed by atoms with Crippen molar-refractivity contribution in [3.8, 4) is 0 Å². The molecule has 0 bridgehead atoms. The predicted octanol–water partition coefficient (Wildman–Crippen LogP) is 2.42.